The minimum Gasteiger partial charge on any atom is -0.481 e. The Balaban J connectivity index is 2.21. The predicted octanol–water partition coefficient (Wildman–Crippen LogP) is 1.79. The zero-order valence-electron chi connectivity index (χ0n) is 11.7. The fourth-order valence-corrected chi connectivity index (χ4v) is 4.39. The molecule has 0 saturated carbocycles. The third kappa shape index (κ3) is 3.02. The van der Waals surface area contributed by atoms with Gasteiger partial charge in [-0.05, 0) is 37.8 Å². The van der Waals surface area contributed by atoms with Crippen LogP contribution in [0.25, 0.3) is 0 Å². The fourth-order valence-electron chi connectivity index (χ4n) is 2.66. The van der Waals surface area contributed by atoms with Gasteiger partial charge >= 0.3 is 5.97 Å². The average Bonchev–Trinajstić information content (AvgIpc) is 2.76. The van der Waals surface area contributed by atoms with Crippen molar-refractivity contribution >= 4 is 16.0 Å². The standard InChI is InChI=1S/C14H19NO4S/c1-10-3-4-13(11(2)7-10)20(18,19)15-6-5-12(9-15)8-14(16)17/h3-4,7,12H,5-6,8-9H2,1-2H3,(H,16,17). The molecule has 1 aliphatic heterocycles. The van der Waals surface area contributed by atoms with E-state index in [1.807, 2.05) is 13.0 Å². The summed E-state index contributed by atoms with van der Waals surface area (Å²) in [6.45, 7) is 4.39. The summed E-state index contributed by atoms with van der Waals surface area (Å²) >= 11 is 0. The van der Waals surface area contributed by atoms with E-state index in [2.05, 4.69) is 0 Å². The minimum absolute atomic E-state index is 0.0267. The molecule has 6 heteroatoms. The lowest BCUT2D eigenvalue weighted by atomic mass is 10.1. The van der Waals surface area contributed by atoms with Gasteiger partial charge < -0.3 is 5.11 Å². The van der Waals surface area contributed by atoms with Crippen LogP contribution in [0.1, 0.15) is 24.0 Å². The molecule has 5 nitrogen and oxygen atoms in total. The van der Waals surface area contributed by atoms with Crippen LogP contribution >= 0.6 is 0 Å². The molecule has 1 saturated heterocycles. The van der Waals surface area contributed by atoms with Crippen LogP contribution in [0, 0.1) is 19.8 Å². The number of aryl methyl sites for hydroxylation is 2. The van der Waals surface area contributed by atoms with E-state index in [1.54, 1.807) is 19.1 Å². The number of rotatable bonds is 4. The van der Waals surface area contributed by atoms with E-state index in [-0.39, 0.29) is 12.3 Å². The highest BCUT2D eigenvalue weighted by Gasteiger charge is 2.34. The van der Waals surface area contributed by atoms with Crippen molar-refractivity contribution in [2.45, 2.75) is 31.6 Å². The molecule has 1 fully saturated rings. The van der Waals surface area contributed by atoms with E-state index < -0.39 is 16.0 Å². The van der Waals surface area contributed by atoms with Crippen molar-refractivity contribution in [3.63, 3.8) is 0 Å². The van der Waals surface area contributed by atoms with E-state index in [1.165, 1.54) is 4.31 Å². The Morgan fingerprint density at radius 3 is 2.70 bits per heavy atom. The molecule has 0 amide bonds. The highest BCUT2D eigenvalue weighted by Crippen LogP contribution is 2.28. The molecule has 1 unspecified atom stereocenters. The van der Waals surface area contributed by atoms with Gasteiger partial charge in [0.05, 0.1) is 4.90 Å². The van der Waals surface area contributed by atoms with Gasteiger partial charge in [-0.15, -0.1) is 0 Å². The quantitative estimate of drug-likeness (QED) is 0.919. The van der Waals surface area contributed by atoms with Crippen molar-refractivity contribution in [2.24, 2.45) is 5.92 Å². The largest absolute Gasteiger partial charge is 0.481 e. The Morgan fingerprint density at radius 1 is 1.40 bits per heavy atom. The highest BCUT2D eigenvalue weighted by atomic mass is 32.2. The number of carbonyl (C=O) groups is 1. The third-order valence-corrected chi connectivity index (χ3v) is 5.69. The number of carboxylic acids is 1. The smallest absolute Gasteiger partial charge is 0.303 e. The molecule has 2 rings (SSSR count). The lowest BCUT2D eigenvalue weighted by Crippen LogP contribution is -2.29. The molecule has 1 heterocycles. The monoisotopic (exact) mass is 297 g/mol. The molecule has 0 spiro atoms. The van der Waals surface area contributed by atoms with E-state index in [4.69, 9.17) is 5.11 Å². The van der Waals surface area contributed by atoms with Crippen molar-refractivity contribution in [2.75, 3.05) is 13.1 Å². The maximum Gasteiger partial charge on any atom is 0.303 e. The minimum atomic E-state index is -3.51. The average molecular weight is 297 g/mol. The summed E-state index contributed by atoms with van der Waals surface area (Å²) in [7, 11) is -3.51. The number of benzene rings is 1. The lowest BCUT2D eigenvalue weighted by molar-refractivity contribution is -0.137. The van der Waals surface area contributed by atoms with E-state index in [0.717, 1.165) is 11.1 Å². The summed E-state index contributed by atoms with van der Waals surface area (Å²) in [5, 5.41) is 8.79. The molecular weight excluding hydrogens is 278 g/mol. The second-order valence-electron chi connectivity index (χ2n) is 5.38. The van der Waals surface area contributed by atoms with Crippen LogP contribution in [0.5, 0.6) is 0 Å². The first kappa shape index (κ1) is 15.0. The van der Waals surface area contributed by atoms with Crippen LogP contribution in [0.4, 0.5) is 0 Å². The molecular formula is C14H19NO4S. The molecule has 1 atom stereocenters. The Labute approximate surface area is 119 Å². The number of sulfonamides is 1. The zero-order valence-corrected chi connectivity index (χ0v) is 12.5. The Bertz CT molecular complexity index is 624. The van der Waals surface area contributed by atoms with Gasteiger partial charge in [-0.25, -0.2) is 8.42 Å². The molecule has 0 aromatic heterocycles. The summed E-state index contributed by atoms with van der Waals surface area (Å²) in [6.07, 6.45) is 0.634. The Kier molecular flexibility index (Phi) is 4.15. The maximum absolute atomic E-state index is 12.6. The van der Waals surface area contributed by atoms with E-state index >= 15 is 0 Å². The van der Waals surface area contributed by atoms with Crippen molar-refractivity contribution in [3.05, 3.63) is 29.3 Å². The van der Waals surface area contributed by atoms with Crippen LogP contribution in [0.15, 0.2) is 23.1 Å². The van der Waals surface area contributed by atoms with Gasteiger partial charge in [0.15, 0.2) is 0 Å². The molecule has 0 radical (unpaired) electrons. The first-order valence-corrected chi connectivity index (χ1v) is 8.04. The first-order chi connectivity index (χ1) is 9.30. The van der Waals surface area contributed by atoms with Crippen molar-refractivity contribution < 1.29 is 18.3 Å². The van der Waals surface area contributed by atoms with Gasteiger partial charge in [0, 0.05) is 19.5 Å². The summed E-state index contributed by atoms with van der Waals surface area (Å²) < 4.78 is 26.6. The van der Waals surface area contributed by atoms with Crippen LogP contribution in [-0.2, 0) is 14.8 Å². The van der Waals surface area contributed by atoms with Crippen LogP contribution in [-0.4, -0.2) is 36.9 Å². The van der Waals surface area contributed by atoms with Crippen LogP contribution < -0.4 is 0 Å². The Morgan fingerprint density at radius 2 is 2.10 bits per heavy atom. The number of hydrogen-bond acceptors (Lipinski definition) is 3. The van der Waals surface area contributed by atoms with Crippen LogP contribution in [0.2, 0.25) is 0 Å². The van der Waals surface area contributed by atoms with Gasteiger partial charge in [0.1, 0.15) is 0 Å². The van der Waals surface area contributed by atoms with Gasteiger partial charge in [-0.1, -0.05) is 17.7 Å². The van der Waals surface area contributed by atoms with Crippen molar-refractivity contribution in [1.82, 2.24) is 4.31 Å². The van der Waals surface area contributed by atoms with Gasteiger partial charge in [-0.3, -0.25) is 4.79 Å². The van der Waals surface area contributed by atoms with Gasteiger partial charge in [-0.2, -0.15) is 4.31 Å². The fraction of sp³-hybridized carbons (Fsp3) is 0.500. The normalized spacial score (nSPS) is 20.2. The Hall–Kier alpha value is -1.40. The lowest BCUT2D eigenvalue weighted by Gasteiger charge is -2.18. The molecule has 1 N–H and O–H groups in total. The second kappa shape index (κ2) is 5.54. The molecule has 1 aromatic rings. The van der Waals surface area contributed by atoms with Gasteiger partial charge in [0.25, 0.3) is 0 Å². The molecule has 0 bridgehead atoms. The highest BCUT2D eigenvalue weighted by molar-refractivity contribution is 7.89. The summed E-state index contributed by atoms with van der Waals surface area (Å²) in [4.78, 5) is 11.0. The van der Waals surface area contributed by atoms with E-state index in [0.29, 0.717) is 24.4 Å². The molecule has 20 heavy (non-hydrogen) atoms. The summed E-state index contributed by atoms with van der Waals surface area (Å²) in [6, 6.07) is 5.26. The molecule has 110 valence electrons. The summed E-state index contributed by atoms with van der Waals surface area (Å²) in [5.41, 5.74) is 1.75. The van der Waals surface area contributed by atoms with Gasteiger partial charge in [0.2, 0.25) is 10.0 Å². The number of nitrogens with zero attached hydrogens (tertiary/aromatic N) is 1. The van der Waals surface area contributed by atoms with Crippen molar-refractivity contribution in [3.8, 4) is 0 Å². The SMILES string of the molecule is Cc1ccc(S(=O)(=O)N2CCC(CC(=O)O)C2)c(C)c1. The number of carboxylic acid groups (broad SMARTS) is 1. The zero-order chi connectivity index (χ0) is 14.9. The number of hydrogen-bond donors (Lipinski definition) is 1. The number of aliphatic carboxylic acids is 1. The molecule has 1 aliphatic rings. The molecule has 1 aromatic carbocycles. The first-order valence-electron chi connectivity index (χ1n) is 6.60. The second-order valence-corrected chi connectivity index (χ2v) is 7.29. The molecule has 0 aliphatic carbocycles. The maximum atomic E-state index is 12.6. The van der Waals surface area contributed by atoms with Crippen molar-refractivity contribution in [1.29, 1.82) is 0 Å². The summed E-state index contributed by atoms with van der Waals surface area (Å²) in [5.74, 6) is -0.964. The topological polar surface area (TPSA) is 74.7 Å². The van der Waals surface area contributed by atoms with Crippen LogP contribution in [0.3, 0.4) is 0 Å². The van der Waals surface area contributed by atoms with E-state index in [9.17, 15) is 13.2 Å². The third-order valence-electron chi connectivity index (χ3n) is 3.66. The predicted molar refractivity (Wildman–Crippen MR) is 75.0 cm³/mol.